The van der Waals surface area contributed by atoms with Crippen LogP contribution in [0, 0.1) is 17.8 Å². The molecule has 9 nitrogen and oxygen atoms in total. The molecule has 2 heterocycles. The van der Waals surface area contributed by atoms with Gasteiger partial charge in [-0.15, -0.1) is 0 Å². The van der Waals surface area contributed by atoms with E-state index in [9.17, 15) is 14.4 Å². The standard InChI is InChI=1S/C46H66N6O3/c1-46(2)39-28-35(51(3)4)19-17-31(39)25-33-26-32-13-11-23-52(42(32)29-40(33)46)24-12-16-43(53)48-22-10-6-5-9-21-47-30-44(54)49-34-18-20-41-38(27-34)36-14-7-8-15-37(36)45(55)50-41/h17,19,25-26,28-29,34,36-38,41,47H,5-16,18,20-24,27,30H2,1-4H3,(H2-,48,49,50,53,54,55)/p+1. The third-order valence-electron chi connectivity index (χ3n) is 13.7. The number of rotatable bonds is 15. The summed E-state index contributed by atoms with van der Waals surface area (Å²) in [6.45, 7) is 8.57. The van der Waals surface area contributed by atoms with Crippen molar-refractivity contribution in [2.24, 2.45) is 17.8 Å². The molecule has 9 heteroatoms. The third kappa shape index (κ3) is 9.13. The number of carbonyl (C=O) groups is 3. The van der Waals surface area contributed by atoms with Crippen molar-refractivity contribution in [3.63, 3.8) is 0 Å². The highest BCUT2D eigenvalue weighted by atomic mass is 16.2. The van der Waals surface area contributed by atoms with Crippen molar-refractivity contribution in [3.8, 4) is 0 Å². The number of hydrogen-bond donors (Lipinski definition) is 4. The van der Waals surface area contributed by atoms with Gasteiger partial charge in [0.2, 0.25) is 23.1 Å². The number of piperidine rings is 1. The lowest BCUT2D eigenvalue weighted by molar-refractivity contribution is -0.136. The maximum absolute atomic E-state index is 12.7. The lowest BCUT2D eigenvalue weighted by Gasteiger charge is -2.49. The molecule has 298 valence electrons. The molecule has 5 atom stereocenters. The number of unbranched alkanes of at least 4 members (excludes halogenated alkanes) is 3. The summed E-state index contributed by atoms with van der Waals surface area (Å²) in [6, 6.07) is 12.2. The predicted molar refractivity (Wildman–Crippen MR) is 222 cm³/mol. The fourth-order valence-corrected chi connectivity index (χ4v) is 10.7. The molecule has 3 fully saturated rings. The molecule has 2 aromatic carbocycles. The number of aryl methyl sites for hydroxylation is 1. The van der Waals surface area contributed by atoms with Gasteiger partial charge in [0.1, 0.15) is 13.1 Å². The molecule has 2 aliphatic heterocycles. The number of hydrogen-bond acceptors (Lipinski definition) is 5. The fraction of sp³-hybridized carbons (Fsp3) is 0.652. The molecule has 0 aromatic heterocycles. The summed E-state index contributed by atoms with van der Waals surface area (Å²) >= 11 is 0. The first kappa shape index (κ1) is 39.5. The molecule has 0 bridgehead atoms. The first-order valence-electron chi connectivity index (χ1n) is 21.7. The van der Waals surface area contributed by atoms with Crippen molar-refractivity contribution in [2.75, 3.05) is 51.7 Å². The number of benzene rings is 2. The molecular formula is C46H67N6O3+. The van der Waals surface area contributed by atoms with Gasteiger partial charge in [0, 0.05) is 80.6 Å². The van der Waals surface area contributed by atoms with Gasteiger partial charge in [-0.25, -0.2) is 4.58 Å². The number of nitrogens with one attached hydrogen (secondary N) is 4. The highest BCUT2D eigenvalue weighted by molar-refractivity contribution is 5.81. The summed E-state index contributed by atoms with van der Waals surface area (Å²) in [5.41, 5.74) is 6.66. The van der Waals surface area contributed by atoms with E-state index in [2.05, 4.69) is 95.1 Å². The quantitative estimate of drug-likeness (QED) is 0.161. The average molecular weight is 752 g/mol. The zero-order valence-corrected chi connectivity index (χ0v) is 34.1. The first-order chi connectivity index (χ1) is 26.6. The topological polar surface area (TPSA) is 106 Å². The Labute approximate surface area is 329 Å². The van der Waals surface area contributed by atoms with Gasteiger partial charge in [-0.1, -0.05) is 45.6 Å². The number of anilines is 1. The molecular weight excluding hydrogens is 685 g/mol. The minimum atomic E-state index is -0.0904. The lowest BCUT2D eigenvalue weighted by Crippen LogP contribution is -2.59. The maximum atomic E-state index is 12.7. The van der Waals surface area contributed by atoms with E-state index in [1.807, 2.05) is 0 Å². The monoisotopic (exact) mass is 752 g/mol. The van der Waals surface area contributed by atoms with Crippen LogP contribution in [-0.4, -0.2) is 76.6 Å². The molecule has 0 radical (unpaired) electrons. The van der Waals surface area contributed by atoms with Crippen LogP contribution < -0.4 is 41.3 Å². The van der Waals surface area contributed by atoms with Crippen LogP contribution in [0.4, 0.5) is 5.69 Å². The first-order valence-corrected chi connectivity index (χ1v) is 21.7. The van der Waals surface area contributed by atoms with Crippen LogP contribution in [0.2, 0.25) is 0 Å². The van der Waals surface area contributed by atoms with Crippen LogP contribution >= 0.6 is 0 Å². The van der Waals surface area contributed by atoms with Crippen LogP contribution in [0.1, 0.15) is 126 Å². The van der Waals surface area contributed by atoms with E-state index in [4.69, 9.17) is 0 Å². The highest BCUT2D eigenvalue weighted by Crippen LogP contribution is 2.44. The van der Waals surface area contributed by atoms with Gasteiger partial charge >= 0.3 is 0 Å². The summed E-state index contributed by atoms with van der Waals surface area (Å²) in [5, 5.41) is 15.8. The minimum absolute atomic E-state index is 0.0854. The van der Waals surface area contributed by atoms with Crippen molar-refractivity contribution < 1.29 is 14.4 Å². The number of fused-ring (bicyclic) bond motifs is 6. The molecule has 2 saturated carbocycles. The van der Waals surface area contributed by atoms with E-state index in [0.717, 1.165) is 103 Å². The van der Waals surface area contributed by atoms with E-state index >= 15 is 0 Å². The summed E-state index contributed by atoms with van der Waals surface area (Å²) in [6.07, 6.45) is 17.7. The van der Waals surface area contributed by atoms with Crippen molar-refractivity contribution in [1.29, 1.82) is 0 Å². The van der Waals surface area contributed by atoms with Crippen LogP contribution in [0.15, 0.2) is 30.3 Å². The minimum Gasteiger partial charge on any atom is -0.378 e. The smallest absolute Gasteiger partial charge is 0.234 e. The van der Waals surface area contributed by atoms with Gasteiger partial charge in [-0.05, 0) is 116 Å². The third-order valence-corrected chi connectivity index (χ3v) is 13.7. The molecule has 7 rings (SSSR count). The fourth-order valence-electron chi connectivity index (χ4n) is 10.7. The van der Waals surface area contributed by atoms with Gasteiger partial charge in [-0.3, -0.25) is 14.4 Å². The predicted octanol–water partition coefficient (Wildman–Crippen LogP) is 4.29. The second-order valence-electron chi connectivity index (χ2n) is 18.0. The van der Waals surface area contributed by atoms with E-state index in [1.54, 1.807) is 0 Å². The van der Waals surface area contributed by atoms with Gasteiger partial charge in [-0.2, -0.15) is 0 Å². The van der Waals surface area contributed by atoms with E-state index in [0.29, 0.717) is 30.8 Å². The van der Waals surface area contributed by atoms with Gasteiger partial charge in [0.05, 0.1) is 6.54 Å². The summed E-state index contributed by atoms with van der Waals surface area (Å²) in [7, 11) is 4.21. The molecule has 5 unspecified atom stereocenters. The van der Waals surface area contributed by atoms with E-state index in [1.165, 1.54) is 51.4 Å². The van der Waals surface area contributed by atoms with Crippen molar-refractivity contribution >= 4 is 29.5 Å². The van der Waals surface area contributed by atoms with Crippen LogP contribution in [0.25, 0.3) is 6.08 Å². The SMILES string of the molecule is CN(C)c1ccc2c(c1)C(C)(C)c1cc3c(cc1=C2)CCC[N+]=3CCCC(=O)NCCCCCCNCC(=O)NC1CCC2NC(=O)C3CCCCC3C2C1. The molecule has 1 saturated heterocycles. The molecule has 4 N–H and O–H groups in total. The van der Waals surface area contributed by atoms with Gasteiger partial charge < -0.3 is 26.2 Å². The van der Waals surface area contributed by atoms with E-state index < -0.39 is 0 Å². The second-order valence-corrected chi connectivity index (χ2v) is 18.0. The second kappa shape index (κ2) is 17.6. The zero-order chi connectivity index (χ0) is 38.5. The maximum Gasteiger partial charge on any atom is 0.234 e. The largest absolute Gasteiger partial charge is 0.378 e. The highest BCUT2D eigenvalue weighted by Gasteiger charge is 2.47. The Kier molecular flexibility index (Phi) is 12.6. The van der Waals surface area contributed by atoms with Crippen LogP contribution in [-0.2, 0) is 26.2 Å². The number of nitrogens with zero attached hydrogens (tertiary/aromatic N) is 2. The van der Waals surface area contributed by atoms with Crippen molar-refractivity contribution in [1.82, 2.24) is 25.8 Å². The average Bonchev–Trinajstić information content (AvgIpc) is 3.17. The Balaban J connectivity index is 0.773. The normalized spacial score (nSPS) is 24.8. The molecule has 0 spiro atoms. The summed E-state index contributed by atoms with van der Waals surface area (Å²) in [5.74, 6) is 1.71. The Hall–Kier alpha value is -3.72. The summed E-state index contributed by atoms with van der Waals surface area (Å²) in [4.78, 5) is 40.2. The van der Waals surface area contributed by atoms with Crippen LogP contribution in [0.5, 0.6) is 0 Å². The Morgan fingerprint density at radius 2 is 1.71 bits per heavy atom. The zero-order valence-electron chi connectivity index (χ0n) is 34.1. The molecule has 5 aliphatic rings. The number of carbonyl (C=O) groups excluding carboxylic acids is 3. The summed E-state index contributed by atoms with van der Waals surface area (Å²) < 4.78 is 2.51. The Morgan fingerprint density at radius 3 is 2.55 bits per heavy atom. The molecule has 3 aliphatic carbocycles. The molecule has 2 aromatic rings. The van der Waals surface area contributed by atoms with Crippen molar-refractivity contribution in [2.45, 2.75) is 128 Å². The van der Waals surface area contributed by atoms with Crippen molar-refractivity contribution in [3.05, 3.63) is 63.2 Å². The van der Waals surface area contributed by atoms with Gasteiger partial charge in [0.25, 0.3) is 0 Å². The number of amides is 3. The Bertz CT molecular complexity index is 1850. The Morgan fingerprint density at radius 1 is 0.891 bits per heavy atom. The lowest BCUT2D eigenvalue weighted by atomic mass is 9.62. The van der Waals surface area contributed by atoms with Gasteiger partial charge in [0.15, 0.2) is 0 Å². The molecule has 3 amide bonds. The van der Waals surface area contributed by atoms with E-state index in [-0.39, 0.29) is 35.1 Å². The molecule has 55 heavy (non-hydrogen) atoms. The van der Waals surface area contributed by atoms with Crippen LogP contribution in [0.3, 0.4) is 0 Å².